The van der Waals surface area contributed by atoms with Gasteiger partial charge in [-0.2, -0.15) is 25.3 Å². The van der Waals surface area contributed by atoms with Crippen LogP contribution in [0, 0.1) is 0 Å². The normalized spacial score (nSPS) is 14.2. The third-order valence-corrected chi connectivity index (χ3v) is 4.10. The van der Waals surface area contributed by atoms with E-state index in [1.807, 2.05) is 0 Å². The molecular weight excluding hydrogens is 366 g/mol. The molecular formula is C15H21N3O5S2. The number of amides is 2. The number of aliphatic carboxylic acids is 1. The second kappa shape index (κ2) is 10.2. The molecule has 0 aromatic heterocycles. The van der Waals surface area contributed by atoms with Crippen LogP contribution in [-0.2, 0) is 20.8 Å². The summed E-state index contributed by atoms with van der Waals surface area (Å²) in [6.45, 7) is 0. The van der Waals surface area contributed by atoms with Gasteiger partial charge in [0, 0.05) is 17.9 Å². The minimum Gasteiger partial charge on any atom is -0.508 e. The first-order valence-electron chi connectivity index (χ1n) is 7.37. The van der Waals surface area contributed by atoms with Crippen molar-refractivity contribution in [2.75, 3.05) is 11.5 Å². The highest BCUT2D eigenvalue weighted by atomic mass is 32.1. The number of rotatable bonds is 9. The van der Waals surface area contributed by atoms with Gasteiger partial charge in [-0.15, -0.1) is 0 Å². The number of phenols is 1. The molecule has 0 saturated heterocycles. The Morgan fingerprint density at radius 3 is 2.04 bits per heavy atom. The van der Waals surface area contributed by atoms with Gasteiger partial charge in [-0.1, -0.05) is 12.1 Å². The van der Waals surface area contributed by atoms with Gasteiger partial charge in [-0.25, -0.2) is 4.79 Å². The van der Waals surface area contributed by atoms with Gasteiger partial charge in [0.25, 0.3) is 0 Å². The van der Waals surface area contributed by atoms with Gasteiger partial charge in [0.05, 0.1) is 6.04 Å². The SMILES string of the molecule is NC(CS)C(=O)NC(Cc1ccc(O)cc1)C(=O)NC(CS)C(=O)O. The van der Waals surface area contributed by atoms with E-state index in [9.17, 15) is 19.5 Å². The first kappa shape index (κ1) is 21.1. The van der Waals surface area contributed by atoms with Crippen LogP contribution in [-0.4, -0.2) is 57.6 Å². The number of aromatic hydroxyl groups is 1. The van der Waals surface area contributed by atoms with Crippen molar-refractivity contribution < 1.29 is 24.6 Å². The average Bonchev–Trinajstić information content (AvgIpc) is 2.59. The summed E-state index contributed by atoms with van der Waals surface area (Å²) in [4.78, 5) is 35.4. The van der Waals surface area contributed by atoms with Crippen molar-refractivity contribution in [3.05, 3.63) is 29.8 Å². The van der Waals surface area contributed by atoms with E-state index < -0.39 is 35.9 Å². The summed E-state index contributed by atoms with van der Waals surface area (Å²) in [6, 6.07) is 2.94. The number of nitrogens with two attached hydrogens (primary N) is 1. The summed E-state index contributed by atoms with van der Waals surface area (Å²) in [6.07, 6.45) is 0.0933. The van der Waals surface area contributed by atoms with Crippen molar-refractivity contribution in [2.45, 2.75) is 24.5 Å². The molecule has 6 N–H and O–H groups in total. The standard InChI is InChI=1S/C15H21N3O5S2/c16-10(6-24)13(20)17-11(5-8-1-3-9(19)4-2-8)14(21)18-12(7-25)15(22)23/h1-4,10-12,19,24-25H,5-7,16H2,(H,17,20)(H,18,21)(H,22,23). The molecule has 3 atom stereocenters. The molecule has 0 saturated carbocycles. The van der Waals surface area contributed by atoms with Crippen LogP contribution in [0.5, 0.6) is 5.75 Å². The van der Waals surface area contributed by atoms with Gasteiger partial charge >= 0.3 is 5.97 Å². The van der Waals surface area contributed by atoms with Crippen molar-refractivity contribution >= 4 is 43.0 Å². The molecule has 0 spiro atoms. The van der Waals surface area contributed by atoms with E-state index in [1.165, 1.54) is 12.1 Å². The zero-order chi connectivity index (χ0) is 19.0. The molecule has 1 aromatic rings. The van der Waals surface area contributed by atoms with Gasteiger partial charge in [0.1, 0.15) is 17.8 Å². The average molecular weight is 387 g/mol. The predicted octanol–water partition coefficient (Wildman–Crippen LogP) is -0.824. The van der Waals surface area contributed by atoms with Crippen molar-refractivity contribution in [3.8, 4) is 5.75 Å². The second-order valence-corrected chi connectivity index (χ2v) is 6.03. The third-order valence-electron chi connectivity index (χ3n) is 3.34. The highest BCUT2D eigenvalue weighted by Gasteiger charge is 2.27. The Bertz CT molecular complexity index is 612. The topological polar surface area (TPSA) is 142 Å². The summed E-state index contributed by atoms with van der Waals surface area (Å²) in [7, 11) is 0. The van der Waals surface area contributed by atoms with Gasteiger partial charge in [-0.3, -0.25) is 9.59 Å². The van der Waals surface area contributed by atoms with E-state index in [4.69, 9.17) is 10.8 Å². The lowest BCUT2D eigenvalue weighted by Crippen LogP contribution is -2.55. The minimum atomic E-state index is -1.23. The largest absolute Gasteiger partial charge is 0.508 e. The molecule has 0 radical (unpaired) electrons. The predicted molar refractivity (Wildman–Crippen MR) is 99.0 cm³/mol. The van der Waals surface area contributed by atoms with Crippen molar-refractivity contribution in [1.82, 2.24) is 10.6 Å². The fraction of sp³-hybridized carbons (Fsp3) is 0.400. The number of nitrogens with one attached hydrogen (secondary N) is 2. The van der Waals surface area contributed by atoms with Gasteiger partial charge in [0.2, 0.25) is 11.8 Å². The van der Waals surface area contributed by atoms with Gasteiger partial charge in [0.15, 0.2) is 0 Å². The molecule has 3 unspecified atom stereocenters. The Kier molecular flexibility index (Phi) is 8.59. The molecule has 0 aliphatic carbocycles. The fourth-order valence-corrected chi connectivity index (χ4v) is 2.31. The molecule has 0 bridgehead atoms. The number of thiol groups is 2. The summed E-state index contributed by atoms with van der Waals surface area (Å²) >= 11 is 7.82. The number of hydrogen-bond acceptors (Lipinski definition) is 7. The Balaban J connectivity index is 2.92. The molecule has 0 heterocycles. The lowest BCUT2D eigenvalue weighted by atomic mass is 10.0. The Morgan fingerprint density at radius 2 is 1.56 bits per heavy atom. The first-order valence-corrected chi connectivity index (χ1v) is 8.63. The lowest BCUT2D eigenvalue weighted by Gasteiger charge is -2.22. The highest BCUT2D eigenvalue weighted by molar-refractivity contribution is 7.80. The van der Waals surface area contributed by atoms with Gasteiger partial charge < -0.3 is 26.6 Å². The van der Waals surface area contributed by atoms with Crippen LogP contribution in [0.1, 0.15) is 5.56 Å². The van der Waals surface area contributed by atoms with E-state index in [1.54, 1.807) is 12.1 Å². The third kappa shape index (κ3) is 6.85. The molecule has 8 nitrogen and oxygen atoms in total. The number of carboxylic acid groups (broad SMARTS) is 1. The van der Waals surface area contributed by atoms with Crippen LogP contribution >= 0.6 is 25.3 Å². The molecule has 0 fully saturated rings. The van der Waals surface area contributed by atoms with Crippen molar-refractivity contribution in [3.63, 3.8) is 0 Å². The Morgan fingerprint density at radius 1 is 1.00 bits per heavy atom. The van der Waals surface area contributed by atoms with Crippen LogP contribution in [0.2, 0.25) is 0 Å². The summed E-state index contributed by atoms with van der Waals surface area (Å²) in [5, 5.41) is 23.2. The number of hydrogen-bond donors (Lipinski definition) is 7. The van der Waals surface area contributed by atoms with E-state index in [2.05, 4.69) is 35.9 Å². The number of carbonyl (C=O) groups is 3. The summed E-state index contributed by atoms with van der Waals surface area (Å²) in [5.41, 5.74) is 6.26. The van der Waals surface area contributed by atoms with Gasteiger partial charge in [-0.05, 0) is 17.7 Å². The molecule has 1 rings (SSSR count). The van der Waals surface area contributed by atoms with E-state index in [0.29, 0.717) is 5.56 Å². The maximum absolute atomic E-state index is 12.4. The van der Waals surface area contributed by atoms with Crippen molar-refractivity contribution in [2.24, 2.45) is 5.73 Å². The zero-order valence-corrected chi connectivity index (χ0v) is 15.0. The maximum Gasteiger partial charge on any atom is 0.327 e. The van der Waals surface area contributed by atoms with Crippen LogP contribution < -0.4 is 16.4 Å². The van der Waals surface area contributed by atoms with Crippen molar-refractivity contribution in [1.29, 1.82) is 0 Å². The molecule has 10 heteroatoms. The first-order chi connectivity index (χ1) is 11.8. The number of phenolic OH excluding ortho intramolecular Hbond substituents is 1. The van der Waals surface area contributed by atoms with Crippen LogP contribution in [0.4, 0.5) is 0 Å². The van der Waals surface area contributed by atoms with Crippen LogP contribution in [0.15, 0.2) is 24.3 Å². The lowest BCUT2D eigenvalue weighted by molar-refractivity contribution is -0.141. The number of carbonyl (C=O) groups excluding carboxylic acids is 2. The summed E-state index contributed by atoms with van der Waals surface area (Å²) in [5.74, 6) is -2.43. The minimum absolute atomic E-state index is 0.0619. The Hall–Kier alpha value is -1.91. The molecule has 0 aliphatic rings. The zero-order valence-electron chi connectivity index (χ0n) is 13.3. The highest BCUT2D eigenvalue weighted by Crippen LogP contribution is 2.11. The molecule has 25 heavy (non-hydrogen) atoms. The Labute approximate surface area is 156 Å². The van der Waals surface area contributed by atoms with E-state index >= 15 is 0 Å². The maximum atomic E-state index is 12.4. The fourth-order valence-electron chi connectivity index (χ4n) is 1.90. The van der Waals surface area contributed by atoms with E-state index in [0.717, 1.165) is 0 Å². The number of benzene rings is 1. The number of carboxylic acids is 1. The molecule has 1 aromatic carbocycles. The summed E-state index contributed by atoms with van der Waals surface area (Å²) < 4.78 is 0. The molecule has 2 amide bonds. The van der Waals surface area contributed by atoms with Crippen LogP contribution in [0.25, 0.3) is 0 Å². The quantitative estimate of drug-likeness (QED) is 0.276. The smallest absolute Gasteiger partial charge is 0.327 e. The van der Waals surface area contributed by atoms with E-state index in [-0.39, 0.29) is 23.7 Å². The molecule has 0 aliphatic heterocycles. The second-order valence-electron chi connectivity index (χ2n) is 5.30. The molecule has 138 valence electrons. The monoisotopic (exact) mass is 387 g/mol. The van der Waals surface area contributed by atoms with Crippen LogP contribution in [0.3, 0.4) is 0 Å².